The summed E-state index contributed by atoms with van der Waals surface area (Å²) in [6.07, 6.45) is 2.39. The summed E-state index contributed by atoms with van der Waals surface area (Å²) in [5.74, 6) is -0.0686. The van der Waals surface area contributed by atoms with Crippen LogP contribution in [0.1, 0.15) is 54.7 Å². The molecule has 3 aliphatic rings. The SMILES string of the molecule is O=C(NO)c1ccc2c(c1)C1CCC2CN1C(=O)Cc1ccccc1.[HH].[HH]. The highest BCUT2D eigenvalue weighted by molar-refractivity contribution is 5.93. The third kappa shape index (κ3) is 2.81. The molecule has 2 N–H and O–H groups in total. The summed E-state index contributed by atoms with van der Waals surface area (Å²) in [7, 11) is 0. The van der Waals surface area contributed by atoms with Crippen LogP contribution in [-0.2, 0) is 11.2 Å². The van der Waals surface area contributed by atoms with Crippen molar-refractivity contribution in [3.8, 4) is 0 Å². The molecule has 2 heterocycles. The zero-order chi connectivity index (χ0) is 17.4. The second-order valence-corrected chi connectivity index (χ2v) is 6.78. The second-order valence-electron chi connectivity index (χ2n) is 6.78. The lowest BCUT2D eigenvalue weighted by atomic mass is 9.74. The lowest BCUT2D eigenvalue weighted by Gasteiger charge is -2.47. The van der Waals surface area contributed by atoms with Gasteiger partial charge in [-0.05, 0) is 41.7 Å². The van der Waals surface area contributed by atoms with Crippen LogP contribution >= 0.6 is 0 Å². The molecule has 2 atom stereocenters. The Morgan fingerprint density at radius 1 is 1.12 bits per heavy atom. The van der Waals surface area contributed by atoms with E-state index in [9.17, 15) is 9.59 Å². The Morgan fingerprint density at radius 2 is 1.92 bits per heavy atom. The number of hydroxylamine groups is 1. The minimum Gasteiger partial charge on any atom is -0.335 e. The van der Waals surface area contributed by atoms with E-state index in [2.05, 4.69) is 0 Å². The molecule has 2 aromatic rings. The van der Waals surface area contributed by atoms with Gasteiger partial charge in [-0.1, -0.05) is 36.4 Å². The molecule has 1 aliphatic carbocycles. The third-order valence-electron chi connectivity index (χ3n) is 5.35. The summed E-state index contributed by atoms with van der Waals surface area (Å²) in [5.41, 5.74) is 5.39. The molecule has 0 radical (unpaired) electrons. The van der Waals surface area contributed by atoms with Gasteiger partial charge in [0.2, 0.25) is 5.91 Å². The van der Waals surface area contributed by atoms with Gasteiger partial charge in [-0.3, -0.25) is 14.8 Å². The van der Waals surface area contributed by atoms with Crippen molar-refractivity contribution in [1.29, 1.82) is 0 Å². The first-order valence-electron chi connectivity index (χ1n) is 8.59. The molecule has 0 saturated carbocycles. The summed E-state index contributed by atoms with van der Waals surface area (Å²) in [6.45, 7) is 0.745. The van der Waals surface area contributed by atoms with E-state index in [1.54, 1.807) is 11.5 Å². The first-order valence-corrected chi connectivity index (χ1v) is 8.59. The van der Waals surface area contributed by atoms with Gasteiger partial charge in [-0.2, -0.15) is 0 Å². The molecule has 5 heteroatoms. The fraction of sp³-hybridized carbons (Fsp3) is 0.300. The smallest absolute Gasteiger partial charge is 0.274 e. The van der Waals surface area contributed by atoms with Crippen molar-refractivity contribution in [1.82, 2.24) is 10.4 Å². The number of amides is 2. The largest absolute Gasteiger partial charge is 0.335 e. The van der Waals surface area contributed by atoms with E-state index in [4.69, 9.17) is 5.21 Å². The van der Waals surface area contributed by atoms with Crippen LogP contribution in [-0.4, -0.2) is 28.5 Å². The van der Waals surface area contributed by atoms with Crippen molar-refractivity contribution in [3.05, 3.63) is 70.8 Å². The van der Waals surface area contributed by atoms with Gasteiger partial charge in [0.15, 0.2) is 0 Å². The average Bonchev–Trinajstić information content (AvgIpc) is 2.68. The van der Waals surface area contributed by atoms with Gasteiger partial charge in [-0.15, -0.1) is 0 Å². The average molecular weight is 340 g/mol. The monoisotopic (exact) mass is 340 g/mol. The maximum atomic E-state index is 12.8. The van der Waals surface area contributed by atoms with Crippen LogP contribution < -0.4 is 5.48 Å². The van der Waals surface area contributed by atoms with Gasteiger partial charge >= 0.3 is 0 Å². The summed E-state index contributed by atoms with van der Waals surface area (Å²) >= 11 is 0. The highest BCUT2D eigenvalue weighted by Gasteiger charge is 2.40. The maximum Gasteiger partial charge on any atom is 0.274 e. The predicted octanol–water partition coefficient (Wildman–Crippen LogP) is 3.30. The lowest BCUT2D eigenvalue weighted by Crippen LogP contribution is -2.46. The minimum atomic E-state index is -0.522. The van der Waals surface area contributed by atoms with Crippen LogP contribution in [0.25, 0.3) is 0 Å². The van der Waals surface area contributed by atoms with Crippen molar-refractivity contribution in [2.75, 3.05) is 6.54 Å². The van der Waals surface area contributed by atoms with E-state index < -0.39 is 5.91 Å². The van der Waals surface area contributed by atoms with Crippen molar-refractivity contribution in [2.24, 2.45) is 0 Å². The minimum absolute atomic E-state index is 0. The zero-order valence-electron chi connectivity index (χ0n) is 13.8. The molecule has 1 saturated heterocycles. The topological polar surface area (TPSA) is 69.6 Å². The summed E-state index contributed by atoms with van der Waals surface area (Å²) in [6, 6.07) is 15.3. The van der Waals surface area contributed by atoms with Crippen LogP contribution in [0.2, 0.25) is 0 Å². The Bertz CT molecular complexity index is 829. The van der Waals surface area contributed by atoms with Gasteiger partial charge in [0.25, 0.3) is 5.91 Å². The Morgan fingerprint density at radius 3 is 2.68 bits per heavy atom. The van der Waals surface area contributed by atoms with Crippen LogP contribution in [0.15, 0.2) is 48.5 Å². The van der Waals surface area contributed by atoms with Gasteiger partial charge < -0.3 is 4.90 Å². The van der Waals surface area contributed by atoms with E-state index in [0.29, 0.717) is 17.9 Å². The number of hydrogen-bond acceptors (Lipinski definition) is 3. The Labute approximate surface area is 149 Å². The Kier molecular flexibility index (Phi) is 4.01. The molecule has 25 heavy (non-hydrogen) atoms. The molecular formula is C20H24N2O3. The van der Waals surface area contributed by atoms with Crippen LogP contribution in [0, 0.1) is 0 Å². The summed E-state index contributed by atoms with van der Waals surface area (Å²) in [5, 5.41) is 8.86. The van der Waals surface area contributed by atoms with E-state index in [1.807, 2.05) is 47.4 Å². The molecule has 132 valence electrons. The molecular weight excluding hydrogens is 316 g/mol. The highest BCUT2D eigenvalue weighted by atomic mass is 16.5. The molecule has 5 nitrogen and oxygen atoms in total. The number of fused-ring (bicyclic) bond motifs is 2. The summed E-state index contributed by atoms with van der Waals surface area (Å²) < 4.78 is 0. The van der Waals surface area contributed by atoms with Crippen LogP contribution in [0.3, 0.4) is 0 Å². The van der Waals surface area contributed by atoms with Crippen molar-refractivity contribution in [3.63, 3.8) is 0 Å². The quantitative estimate of drug-likeness (QED) is 0.665. The first kappa shape index (κ1) is 15.8. The number of carbonyl (C=O) groups excluding carboxylic acids is 2. The van der Waals surface area contributed by atoms with E-state index in [0.717, 1.165) is 30.5 Å². The third-order valence-corrected chi connectivity index (χ3v) is 5.35. The standard InChI is InChI=1S/C20H20N2O3.2H2/c23-19(10-13-4-2-1-3-5-13)22-12-15-7-9-18(22)17-11-14(20(24)21-25)6-8-16(15)17;;/h1-6,8,11,15,18,25H,7,9-10,12H2,(H,21,24);2*1H. The van der Waals surface area contributed by atoms with Gasteiger partial charge in [0, 0.05) is 20.9 Å². The fourth-order valence-electron chi connectivity index (χ4n) is 4.14. The molecule has 2 bridgehead atoms. The number of nitrogens with zero attached hydrogens (tertiary/aromatic N) is 1. The van der Waals surface area contributed by atoms with E-state index in [-0.39, 0.29) is 14.8 Å². The molecule has 2 amide bonds. The normalized spacial score (nSPS) is 20.9. The number of benzene rings is 2. The number of piperidine rings is 1. The van der Waals surface area contributed by atoms with Crippen LogP contribution in [0.5, 0.6) is 0 Å². The van der Waals surface area contributed by atoms with Crippen LogP contribution in [0.4, 0.5) is 0 Å². The maximum absolute atomic E-state index is 12.8. The zero-order valence-corrected chi connectivity index (χ0v) is 13.8. The fourth-order valence-corrected chi connectivity index (χ4v) is 4.14. The number of nitrogens with one attached hydrogen (secondary N) is 1. The molecule has 0 spiro atoms. The Hall–Kier alpha value is -2.66. The molecule has 5 rings (SSSR count). The second kappa shape index (κ2) is 6.33. The molecule has 1 fully saturated rings. The van der Waals surface area contributed by atoms with Gasteiger partial charge in [0.05, 0.1) is 12.5 Å². The van der Waals surface area contributed by atoms with E-state index >= 15 is 0 Å². The molecule has 2 unspecified atom stereocenters. The first-order chi connectivity index (χ1) is 12.2. The predicted molar refractivity (Wildman–Crippen MR) is 96.5 cm³/mol. The Balaban J connectivity index is 0.00000131. The van der Waals surface area contributed by atoms with Crippen molar-refractivity contribution >= 4 is 11.8 Å². The molecule has 2 aromatic carbocycles. The lowest BCUT2D eigenvalue weighted by molar-refractivity contribution is -0.135. The molecule has 0 aromatic heterocycles. The van der Waals surface area contributed by atoms with Gasteiger partial charge in [0.1, 0.15) is 0 Å². The van der Waals surface area contributed by atoms with Crippen molar-refractivity contribution < 1.29 is 17.6 Å². The number of carbonyl (C=O) groups is 2. The van der Waals surface area contributed by atoms with E-state index in [1.165, 1.54) is 5.56 Å². The molecule has 2 aliphatic heterocycles. The number of rotatable bonds is 3. The summed E-state index contributed by atoms with van der Waals surface area (Å²) in [4.78, 5) is 26.5. The highest BCUT2D eigenvalue weighted by Crippen LogP contribution is 2.47. The number of hydrogen-bond donors (Lipinski definition) is 2. The van der Waals surface area contributed by atoms with Crippen molar-refractivity contribution in [2.45, 2.75) is 31.2 Å². The van der Waals surface area contributed by atoms with Gasteiger partial charge in [-0.25, -0.2) is 5.48 Å².